The lowest BCUT2D eigenvalue weighted by Crippen LogP contribution is -2.33. The van der Waals surface area contributed by atoms with Crippen molar-refractivity contribution in [3.63, 3.8) is 0 Å². The molecule has 3 heteroatoms. The summed E-state index contributed by atoms with van der Waals surface area (Å²) < 4.78 is 2.45. The Labute approximate surface area is 238 Å². The van der Waals surface area contributed by atoms with Gasteiger partial charge in [-0.15, -0.1) is 0 Å². The number of nitrogens with zero attached hydrogens (tertiary/aromatic N) is 1. The highest BCUT2D eigenvalue weighted by molar-refractivity contribution is 6.09. The van der Waals surface area contributed by atoms with Gasteiger partial charge in [-0.3, -0.25) is 4.79 Å². The largest absolute Gasteiger partial charge is 0.351 e. The van der Waals surface area contributed by atoms with Crippen LogP contribution >= 0.6 is 0 Å². The second kappa shape index (κ2) is 11.7. The van der Waals surface area contributed by atoms with Gasteiger partial charge in [0.2, 0.25) is 5.91 Å². The van der Waals surface area contributed by atoms with Crippen LogP contribution in [-0.4, -0.2) is 10.5 Å². The average molecular weight is 529 g/mol. The minimum atomic E-state index is -0.102. The average Bonchev–Trinajstić information content (AvgIpc) is 3.10. The molecule has 3 nitrogen and oxygen atoms in total. The Kier molecular flexibility index (Phi) is 7.73. The summed E-state index contributed by atoms with van der Waals surface area (Å²) in [5.41, 5.74) is 8.73. The van der Waals surface area contributed by atoms with Crippen molar-refractivity contribution >= 4 is 27.7 Å². The van der Waals surface area contributed by atoms with E-state index in [0.29, 0.717) is 12.5 Å². The van der Waals surface area contributed by atoms with Crippen LogP contribution in [0.1, 0.15) is 72.3 Å². The van der Waals surface area contributed by atoms with Crippen LogP contribution in [0, 0.1) is 19.8 Å². The van der Waals surface area contributed by atoms with Gasteiger partial charge in [0.1, 0.15) is 0 Å². The number of hydrogen-bond acceptors (Lipinski definition) is 1. The molecule has 1 amide bonds. The molecule has 0 saturated heterocycles. The Hall–Kier alpha value is -3.85. The van der Waals surface area contributed by atoms with E-state index in [1.54, 1.807) is 0 Å². The number of hydrogen-bond donors (Lipinski definition) is 1. The van der Waals surface area contributed by atoms with Crippen molar-refractivity contribution in [2.45, 2.75) is 71.4 Å². The van der Waals surface area contributed by atoms with E-state index in [0.717, 1.165) is 30.5 Å². The summed E-state index contributed by atoms with van der Waals surface area (Å²) >= 11 is 0. The first-order valence-corrected chi connectivity index (χ1v) is 15.0. The number of para-hydroxylation sites is 1. The Morgan fingerprint density at radius 1 is 0.800 bits per heavy atom. The summed E-state index contributed by atoms with van der Waals surface area (Å²) in [7, 11) is 0. The molecule has 1 saturated carbocycles. The summed E-state index contributed by atoms with van der Waals surface area (Å²) in [5, 5.41) is 5.94. The Bertz CT molecular complexity index is 1610. The van der Waals surface area contributed by atoms with Crippen LogP contribution < -0.4 is 5.32 Å². The van der Waals surface area contributed by atoms with Gasteiger partial charge >= 0.3 is 0 Å². The van der Waals surface area contributed by atoms with Gasteiger partial charge in [-0.25, -0.2) is 0 Å². The summed E-state index contributed by atoms with van der Waals surface area (Å²) in [5.74, 6) is 0.457. The number of carbonyl (C=O) groups excluding carboxylic acids is 1. The van der Waals surface area contributed by atoms with E-state index in [9.17, 15) is 4.79 Å². The number of aromatic nitrogens is 1. The zero-order valence-corrected chi connectivity index (χ0v) is 23.8. The minimum absolute atomic E-state index is 0.102. The van der Waals surface area contributed by atoms with Crippen LogP contribution in [0.15, 0.2) is 91.0 Å². The Morgan fingerprint density at radius 3 is 2.25 bits per heavy atom. The standard InChI is InChI=1S/C37H40N2O/c1-26-22-27(2)35-32-16-10-11-17-33(32)39(34(35)23-26)25-29-18-20-31(21-19-29)36(30-14-8-3-4-9-15-30)37(40)38-24-28-12-6-5-7-13-28/h5-7,10-13,16-23,30,36H,3-4,8-9,14-15,24-25H2,1-2H3,(H,38,40). The highest BCUT2D eigenvalue weighted by atomic mass is 16.1. The molecule has 1 unspecified atom stereocenters. The van der Waals surface area contributed by atoms with Crippen molar-refractivity contribution in [1.29, 1.82) is 0 Å². The zero-order chi connectivity index (χ0) is 27.5. The van der Waals surface area contributed by atoms with Gasteiger partial charge in [0.05, 0.1) is 5.92 Å². The third-order valence-corrected chi connectivity index (χ3v) is 8.86. The highest BCUT2D eigenvalue weighted by Crippen LogP contribution is 2.37. The van der Waals surface area contributed by atoms with E-state index >= 15 is 0 Å². The van der Waals surface area contributed by atoms with Crippen molar-refractivity contribution in [2.24, 2.45) is 5.92 Å². The molecule has 4 aromatic carbocycles. The van der Waals surface area contributed by atoms with Crippen molar-refractivity contribution in [3.05, 3.63) is 119 Å². The fourth-order valence-corrected chi connectivity index (χ4v) is 6.92. The maximum Gasteiger partial charge on any atom is 0.228 e. The van der Waals surface area contributed by atoms with E-state index in [1.807, 2.05) is 18.2 Å². The number of amides is 1. The normalized spacial score (nSPS) is 15.2. The Balaban J connectivity index is 1.30. The molecule has 1 aliphatic rings. The zero-order valence-electron chi connectivity index (χ0n) is 23.8. The van der Waals surface area contributed by atoms with Crippen molar-refractivity contribution < 1.29 is 4.79 Å². The summed E-state index contributed by atoms with van der Waals surface area (Å²) in [6.07, 6.45) is 7.27. The van der Waals surface area contributed by atoms with Gasteiger partial charge < -0.3 is 9.88 Å². The van der Waals surface area contributed by atoms with Crippen molar-refractivity contribution in [3.8, 4) is 0 Å². The topological polar surface area (TPSA) is 34.0 Å². The minimum Gasteiger partial charge on any atom is -0.351 e. The quantitative estimate of drug-likeness (QED) is 0.210. The Morgan fingerprint density at radius 2 is 1.50 bits per heavy atom. The van der Waals surface area contributed by atoms with Crippen molar-refractivity contribution in [2.75, 3.05) is 0 Å². The second-order valence-corrected chi connectivity index (χ2v) is 11.8. The first-order valence-electron chi connectivity index (χ1n) is 15.0. The molecule has 0 spiro atoms. The lowest BCUT2D eigenvalue weighted by Gasteiger charge is -2.26. The molecule has 0 radical (unpaired) electrons. The van der Waals surface area contributed by atoms with Gasteiger partial charge in [-0.2, -0.15) is 0 Å². The predicted octanol–water partition coefficient (Wildman–Crippen LogP) is 8.83. The van der Waals surface area contributed by atoms with Crippen LogP contribution in [0.4, 0.5) is 0 Å². The first-order chi connectivity index (χ1) is 19.6. The predicted molar refractivity (Wildman–Crippen MR) is 167 cm³/mol. The van der Waals surface area contributed by atoms with Crippen LogP contribution in [0.5, 0.6) is 0 Å². The van der Waals surface area contributed by atoms with E-state index < -0.39 is 0 Å². The maximum absolute atomic E-state index is 13.7. The molecule has 5 aromatic rings. The van der Waals surface area contributed by atoms with E-state index in [-0.39, 0.29) is 11.8 Å². The molecule has 1 fully saturated rings. The smallest absolute Gasteiger partial charge is 0.228 e. The number of nitrogens with one attached hydrogen (secondary N) is 1. The molecular weight excluding hydrogens is 488 g/mol. The summed E-state index contributed by atoms with van der Waals surface area (Å²) in [6.45, 7) is 5.78. The molecule has 204 valence electrons. The lowest BCUT2D eigenvalue weighted by molar-refractivity contribution is -0.124. The summed E-state index contributed by atoms with van der Waals surface area (Å²) in [6, 6.07) is 32.5. The highest BCUT2D eigenvalue weighted by Gasteiger charge is 2.30. The molecule has 1 N–H and O–H groups in total. The van der Waals surface area contributed by atoms with Gasteiger partial charge in [-0.05, 0) is 72.6 Å². The fraction of sp³-hybridized carbons (Fsp3) is 0.324. The van der Waals surface area contributed by atoms with Crippen molar-refractivity contribution in [1.82, 2.24) is 9.88 Å². The van der Waals surface area contributed by atoms with Crippen LogP contribution in [0.25, 0.3) is 21.8 Å². The molecular formula is C37H40N2O. The molecule has 6 rings (SSSR count). The number of aryl methyl sites for hydroxylation is 2. The molecule has 0 bridgehead atoms. The van der Waals surface area contributed by atoms with E-state index in [2.05, 4.69) is 96.5 Å². The summed E-state index contributed by atoms with van der Waals surface area (Å²) in [4.78, 5) is 13.7. The van der Waals surface area contributed by atoms with Crippen LogP contribution in [0.2, 0.25) is 0 Å². The monoisotopic (exact) mass is 528 g/mol. The van der Waals surface area contributed by atoms with Gasteiger partial charge in [-0.1, -0.05) is 105 Å². The molecule has 0 aliphatic heterocycles. The van der Waals surface area contributed by atoms with Crippen LogP contribution in [-0.2, 0) is 17.9 Å². The molecule has 1 atom stereocenters. The maximum atomic E-state index is 13.7. The van der Waals surface area contributed by atoms with Gasteiger partial charge in [0.25, 0.3) is 0 Å². The first kappa shape index (κ1) is 26.4. The number of carbonyl (C=O) groups is 1. The number of fused-ring (bicyclic) bond motifs is 3. The second-order valence-electron chi connectivity index (χ2n) is 11.8. The molecule has 40 heavy (non-hydrogen) atoms. The molecule has 1 aliphatic carbocycles. The van der Waals surface area contributed by atoms with Crippen LogP contribution in [0.3, 0.4) is 0 Å². The lowest BCUT2D eigenvalue weighted by atomic mass is 9.80. The molecule has 1 heterocycles. The van der Waals surface area contributed by atoms with E-state index in [4.69, 9.17) is 0 Å². The van der Waals surface area contributed by atoms with Gasteiger partial charge in [0.15, 0.2) is 0 Å². The van der Waals surface area contributed by atoms with E-state index in [1.165, 1.54) is 64.2 Å². The van der Waals surface area contributed by atoms with Gasteiger partial charge in [0, 0.05) is 34.9 Å². The molecule has 1 aromatic heterocycles. The third-order valence-electron chi connectivity index (χ3n) is 8.86. The number of rotatable bonds is 7. The third kappa shape index (κ3) is 5.43. The number of benzene rings is 4. The fourth-order valence-electron chi connectivity index (χ4n) is 6.92. The SMILES string of the molecule is Cc1cc(C)c2c3ccccc3n(Cc3ccc(C(C(=O)NCc4ccccc4)C4CCCCCC4)cc3)c2c1.